The predicted octanol–water partition coefficient (Wildman–Crippen LogP) is 3.34. The van der Waals surface area contributed by atoms with Crippen LogP contribution >= 0.6 is 27.5 Å². The van der Waals surface area contributed by atoms with Crippen molar-refractivity contribution in [1.29, 1.82) is 0 Å². The first-order chi connectivity index (χ1) is 7.58. The maximum absolute atomic E-state index is 13.2. The lowest BCUT2D eigenvalue weighted by Gasteiger charge is -2.13. The van der Waals surface area contributed by atoms with Crippen LogP contribution < -0.4 is 5.32 Å². The van der Waals surface area contributed by atoms with Crippen LogP contribution in [0.3, 0.4) is 0 Å². The second-order valence-electron chi connectivity index (χ2n) is 3.36. The molecule has 1 aromatic rings. The Bertz CT molecular complexity index is 382. The van der Waals surface area contributed by atoms with Gasteiger partial charge in [0.2, 0.25) is 0 Å². The molecular formula is C11H12BrClFNO. The highest BCUT2D eigenvalue weighted by molar-refractivity contribution is 9.10. The number of carbonyl (C=O) groups excluding carboxylic acids is 1. The molecule has 0 radical (unpaired) electrons. The Morgan fingerprint density at radius 1 is 1.62 bits per heavy atom. The van der Waals surface area contributed by atoms with Gasteiger partial charge in [-0.25, -0.2) is 4.39 Å². The predicted molar refractivity (Wildman–Crippen MR) is 66.4 cm³/mol. The largest absolute Gasteiger partial charge is 0.348 e. The lowest BCUT2D eigenvalue weighted by molar-refractivity contribution is 0.0939. The van der Waals surface area contributed by atoms with E-state index in [-0.39, 0.29) is 11.9 Å². The molecule has 0 saturated heterocycles. The first kappa shape index (κ1) is 13.5. The number of hydrogen-bond donors (Lipinski definition) is 1. The summed E-state index contributed by atoms with van der Waals surface area (Å²) in [6.07, 6.45) is 0.744. The SMILES string of the molecule is CCC(CCl)NC(=O)c1ccc(Br)c(F)c1. The summed E-state index contributed by atoms with van der Waals surface area (Å²) in [5, 5.41) is 2.73. The van der Waals surface area contributed by atoms with Gasteiger partial charge in [0.15, 0.2) is 0 Å². The number of hydrogen-bond acceptors (Lipinski definition) is 1. The summed E-state index contributed by atoms with van der Waals surface area (Å²) in [5.74, 6) is -0.410. The molecule has 2 nitrogen and oxygen atoms in total. The summed E-state index contributed by atoms with van der Waals surface area (Å²) >= 11 is 8.69. The Morgan fingerprint density at radius 2 is 2.31 bits per heavy atom. The molecule has 16 heavy (non-hydrogen) atoms. The van der Waals surface area contributed by atoms with Crippen molar-refractivity contribution >= 4 is 33.4 Å². The molecule has 0 saturated carbocycles. The van der Waals surface area contributed by atoms with Crippen LogP contribution in [0, 0.1) is 5.82 Å². The van der Waals surface area contributed by atoms with Crippen LogP contribution in [-0.2, 0) is 0 Å². The molecular weight excluding hydrogens is 296 g/mol. The van der Waals surface area contributed by atoms with Gasteiger partial charge in [-0.05, 0) is 40.5 Å². The second-order valence-corrected chi connectivity index (χ2v) is 4.52. The number of alkyl halides is 1. The summed E-state index contributed by atoms with van der Waals surface area (Å²) in [6, 6.07) is 4.18. The third kappa shape index (κ3) is 3.46. The topological polar surface area (TPSA) is 29.1 Å². The molecule has 0 aliphatic carbocycles. The molecule has 0 spiro atoms. The van der Waals surface area contributed by atoms with Gasteiger partial charge < -0.3 is 5.32 Å². The number of carbonyl (C=O) groups is 1. The fraction of sp³-hybridized carbons (Fsp3) is 0.364. The first-order valence-corrected chi connectivity index (χ1v) is 6.23. The van der Waals surface area contributed by atoms with Crippen LogP contribution in [0.4, 0.5) is 4.39 Å². The zero-order chi connectivity index (χ0) is 12.1. The van der Waals surface area contributed by atoms with Crippen molar-refractivity contribution in [1.82, 2.24) is 5.32 Å². The number of rotatable bonds is 4. The van der Waals surface area contributed by atoms with Gasteiger partial charge in [-0.2, -0.15) is 0 Å². The lowest BCUT2D eigenvalue weighted by atomic mass is 10.2. The van der Waals surface area contributed by atoms with Crippen LogP contribution in [0.15, 0.2) is 22.7 Å². The van der Waals surface area contributed by atoms with Gasteiger partial charge in [0.25, 0.3) is 5.91 Å². The molecule has 88 valence electrons. The fourth-order valence-corrected chi connectivity index (χ4v) is 1.70. The van der Waals surface area contributed by atoms with Crippen LogP contribution in [0.1, 0.15) is 23.7 Å². The normalized spacial score (nSPS) is 12.2. The zero-order valence-corrected chi connectivity index (χ0v) is 11.1. The Morgan fingerprint density at radius 3 is 2.81 bits per heavy atom. The van der Waals surface area contributed by atoms with Crippen molar-refractivity contribution in [2.45, 2.75) is 19.4 Å². The van der Waals surface area contributed by atoms with Gasteiger partial charge in [-0.1, -0.05) is 6.92 Å². The van der Waals surface area contributed by atoms with E-state index in [2.05, 4.69) is 21.2 Å². The molecule has 1 unspecified atom stereocenters. The molecule has 0 aliphatic rings. The maximum Gasteiger partial charge on any atom is 0.251 e. The second kappa shape index (κ2) is 6.21. The van der Waals surface area contributed by atoms with E-state index in [1.807, 2.05) is 6.92 Å². The van der Waals surface area contributed by atoms with Gasteiger partial charge >= 0.3 is 0 Å². The third-order valence-corrected chi connectivity index (χ3v) is 3.21. The van der Waals surface area contributed by atoms with Gasteiger partial charge in [0.1, 0.15) is 5.82 Å². The third-order valence-electron chi connectivity index (χ3n) is 2.20. The summed E-state index contributed by atoms with van der Waals surface area (Å²) in [5.41, 5.74) is 0.296. The van der Waals surface area contributed by atoms with Gasteiger partial charge in [-0.3, -0.25) is 4.79 Å². The number of halogens is 3. The minimum Gasteiger partial charge on any atom is -0.348 e. The Hall–Kier alpha value is -0.610. The van der Waals surface area contributed by atoms with Crippen molar-refractivity contribution in [2.75, 3.05) is 5.88 Å². The molecule has 1 amide bonds. The number of nitrogens with one attached hydrogen (secondary N) is 1. The van der Waals surface area contributed by atoms with E-state index < -0.39 is 5.82 Å². The van der Waals surface area contributed by atoms with Crippen molar-refractivity contribution in [2.24, 2.45) is 0 Å². The average molecular weight is 309 g/mol. The van der Waals surface area contributed by atoms with Gasteiger partial charge in [0.05, 0.1) is 4.47 Å². The molecule has 1 N–H and O–H groups in total. The highest BCUT2D eigenvalue weighted by Crippen LogP contribution is 2.16. The summed E-state index contributed by atoms with van der Waals surface area (Å²) < 4.78 is 13.5. The first-order valence-electron chi connectivity index (χ1n) is 4.90. The lowest BCUT2D eigenvalue weighted by Crippen LogP contribution is -2.35. The van der Waals surface area contributed by atoms with E-state index in [0.29, 0.717) is 15.9 Å². The van der Waals surface area contributed by atoms with Crippen molar-refractivity contribution < 1.29 is 9.18 Å². The molecule has 1 aromatic carbocycles. The number of amides is 1. The molecule has 0 aromatic heterocycles. The van der Waals surface area contributed by atoms with E-state index in [9.17, 15) is 9.18 Å². The van der Waals surface area contributed by atoms with E-state index in [1.54, 1.807) is 6.07 Å². The van der Waals surface area contributed by atoms with Crippen LogP contribution in [0.2, 0.25) is 0 Å². The van der Waals surface area contributed by atoms with Crippen molar-refractivity contribution in [3.05, 3.63) is 34.1 Å². The zero-order valence-electron chi connectivity index (χ0n) is 8.77. The molecule has 0 heterocycles. The van der Waals surface area contributed by atoms with E-state index in [1.165, 1.54) is 12.1 Å². The summed E-state index contributed by atoms with van der Waals surface area (Å²) in [7, 11) is 0. The highest BCUT2D eigenvalue weighted by Gasteiger charge is 2.12. The highest BCUT2D eigenvalue weighted by atomic mass is 79.9. The van der Waals surface area contributed by atoms with E-state index >= 15 is 0 Å². The Kier molecular flexibility index (Phi) is 5.22. The molecule has 0 bridgehead atoms. The van der Waals surface area contributed by atoms with Gasteiger partial charge in [-0.15, -0.1) is 11.6 Å². The Labute approximate surface area is 107 Å². The standard InChI is InChI=1S/C11H12BrClFNO/c1-2-8(6-13)15-11(16)7-3-4-9(12)10(14)5-7/h3-5,8H,2,6H2,1H3,(H,15,16). The molecule has 0 fully saturated rings. The molecule has 1 rings (SSSR count). The molecule has 5 heteroatoms. The number of benzene rings is 1. The van der Waals surface area contributed by atoms with Crippen molar-refractivity contribution in [3.63, 3.8) is 0 Å². The monoisotopic (exact) mass is 307 g/mol. The van der Waals surface area contributed by atoms with Crippen molar-refractivity contribution in [3.8, 4) is 0 Å². The summed E-state index contributed by atoms with van der Waals surface area (Å²) in [6.45, 7) is 1.93. The smallest absolute Gasteiger partial charge is 0.251 e. The van der Waals surface area contributed by atoms with Gasteiger partial charge in [0, 0.05) is 17.5 Å². The quantitative estimate of drug-likeness (QED) is 0.849. The molecule has 1 atom stereocenters. The minimum absolute atomic E-state index is 0.0825. The van der Waals surface area contributed by atoms with E-state index in [4.69, 9.17) is 11.6 Å². The fourth-order valence-electron chi connectivity index (χ4n) is 1.16. The average Bonchev–Trinajstić information content (AvgIpc) is 2.29. The Balaban J connectivity index is 2.76. The summed E-state index contributed by atoms with van der Waals surface area (Å²) in [4.78, 5) is 11.7. The van der Waals surface area contributed by atoms with Crippen LogP contribution in [-0.4, -0.2) is 17.8 Å². The van der Waals surface area contributed by atoms with Crippen LogP contribution in [0.25, 0.3) is 0 Å². The van der Waals surface area contributed by atoms with Crippen LogP contribution in [0.5, 0.6) is 0 Å². The maximum atomic E-state index is 13.2. The van der Waals surface area contributed by atoms with E-state index in [0.717, 1.165) is 6.42 Å². The molecule has 0 aliphatic heterocycles. The minimum atomic E-state index is -0.452.